The first-order valence-corrected chi connectivity index (χ1v) is 9.32. The zero-order chi connectivity index (χ0) is 15.1. The van der Waals surface area contributed by atoms with Crippen molar-refractivity contribution in [3.8, 4) is 0 Å². The van der Waals surface area contributed by atoms with E-state index in [1.807, 2.05) is 22.9 Å². The number of hydrogen-bond acceptors (Lipinski definition) is 3. The lowest BCUT2D eigenvalue weighted by Crippen LogP contribution is -2.25. The standard InChI is InChI=1S/C14H18BrN3O2S/c15-11-13-3-5-14(6-4-13)21(19,20)17-7-1-2-9-18-10-8-16-12-18/h3-6,8,10,12,17H,1-2,7,9,11H2. The smallest absolute Gasteiger partial charge is 0.240 e. The third kappa shape index (κ3) is 4.94. The van der Waals surface area contributed by atoms with Crippen molar-refractivity contribution in [3.63, 3.8) is 0 Å². The van der Waals surface area contributed by atoms with Crippen LogP contribution in [0.2, 0.25) is 0 Å². The van der Waals surface area contributed by atoms with Crippen molar-refractivity contribution in [1.82, 2.24) is 14.3 Å². The summed E-state index contributed by atoms with van der Waals surface area (Å²) < 4.78 is 28.8. The van der Waals surface area contributed by atoms with Crippen LogP contribution in [0.3, 0.4) is 0 Å². The van der Waals surface area contributed by atoms with Gasteiger partial charge < -0.3 is 4.57 Å². The van der Waals surface area contributed by atoms with Crippen molar-refractivity contribution in [2.24, 2.45) is 0 Å². The van der Waals surface area contributed by atoms with Gasteiger partial charge in [-0.2, -0.15) is 0 Å². The number of aryl methyl sites for hydroxylation is 1. The van der Waals surface area contributed by atoms with Crippen LogP contribution in [0.5, 0.6) is 0 Å². The summed E-state index contributed by atoms with van der Waals surface area (Å²) in [5, 5.41) is 0.717. The van der Waals surface area contributed by atoms with E-state index in [9.17, 15) is 8.42 Å². The average Bonchev–Trinajstić information content (AvgIpc) is 3.00. The van der Waals surface area contributed by atoms with Crippen molar-refractivity contribution in [1.29, 1.82) is 0 Å². The normalized spacial score (nSPS) is 11.7. The van der Waals surface area contributed by atoms with Crippen molar-refractivity contribution in [3.05, 3.63) is 48.5 Å². The van der Waals surface area contributed by atoms with Crippen molar-refractivity contribution < 1.29 is 8.42 Å². The zero-order valence-corrected chi connectivity index (χ0v) is 14.0. The second-order valence-corrected chi connectivity index (χ2v) is 7.01. The van der Waals surface area contributed by atoms with Crippen LogP contribution in [0, 0.1) is 0 Å². The molecule has 0 atom stereocenters. The lowest BCUT2D eigenvalue weighted by Gasteiger charge is -2.07. The molecule has 0 bridgehead atoms. The van der Waals surface area contributed by atoms with Gasteiger partial charge in [-0.25, -0.2) is 18.1 Å². The van der Waals surface area contributed by atoms with E-state index in [-0.39, 0.29) is 0 Å². The van der Waals surface area contributed by atoms with E-state index in [1.165, 1.54) is 0 Å². The first kappa shape index (κ1) is 16.2. The highest BCUT2D eigenvalue weighted by Gasteiger charge is 2.12. The Bertz CT molecular complexity index is 639. The molecule has 7 heteroatoms. The minimum Gasteiger partial charge on any atom is -0.337 e. The fourth-order valence-electron chi connectivity index (χ4n) is 1.89. The van der Waals surface area contributed by atoms with Gasteiger partial charge >= 0.3 is 0 Å². The Balaban J connectivity index is 1.78. The maximum atomic E-state index is 12.1. The highest BCUT2D eigenvalue weighted by molar-refractivity contribution is 9.08. The summed E-state index contributed by atoms with van der Waals surface area (Å²) in [5.41, 5.74) is 1.05. The molecule has 0 radical (unpaired) electrons. The van der Waals surface area contributed by atoms with Crippen LogP contribution >= 0.6 is 15.9 Å². The molecule has 0 unspecified atom stereocenters. The van der Waals surface area contributed by atoms with Crippen LogP contribution in [-0.2, 0) is 21.9 Å². The van der Waals surface area contributed by atoms with Gasteiger partial charge in [0.05, 0.1) is 11.2 Å². The first-order chi connectivity index (χ1) is 10.1. The lowest BCUT2D eigenvalue weighted by atomic mass is 10.2. The van der Waals surface area contributed by atoms with Gasteiger partial charge in [0.15, 0.2) is 0 Å². The number of nitrogens with one attached hydrogen (secondary N) is 1. The minimum atomic E-state index is -3.40. The van der Waals surface area contributed by atoms with E-state index < -0.39 is 10.0 Å². The molecule has 0 fully saturated rings. The second-order valence-electron chi connectivity index (χ2n) is 4.68. The summed E-state index contributed by atoms with van der Waals surface area (Å²) in [6.45, 7) is 1.29. The molecule has 1 aromatic carbocycles. The number of benzene rings is 1. The number of alkyl halides is 1. The van der Waals surface area contributed by atoms with E-state index in [0.29, 0.717) is 11.4 Å². The van der Waals surface area contributed by atoms with Gasteiger partial charge in [-0.1, -0.05) is 28.1 Å². The molecule has 5 nitrogen and oxygen atoms in total. The molecular formula is C14H18BrN3O2S. The number of rotatable bonds is 8. The fraction of sp³-hybridized carbons (Fsp3) is 0.357. The quantitative estimate of drug-likeness (QED) is 0.572. The Morgan fingerprint density at radius 3 is 2.57 bits per heavy atom. The Hall–Kier alpha value is -1.18. The summed E-state index contributed by atoms with van der Waals surface area (Å²) in [7, 11) is -3.40. The van der Waals surface area contributed by atoms with Crippen molar-refractivity contribution in [2.45, 2.75) is 29.6 Å². The molecular weight excluding hydrogens is 354 g/mol. The number of unbranched alkanes of at least 4 members (excludes halogenated alkanes) is 1. The molecule has 1 N–H and O–H groups in total. The number of nitrogens with zero attached hydrogens (tertiary/aromatic N) is 2. The van der Waals surface area contributed by atoms with Gasteiger partial charge in [0.2, 0.25) is 10.0 Å². The second kappa shape index (κ2) is 7.72. The van der Waals surface area contributed by atoms with E-state index in [4.69, 9.17) is 0 Å². The number of hydrogen-bond donors (Lipinski definition) is 1. The van der Waals surface area contributed by atoms with Crippen molar-refractivity contribution in [2.75, 3.05) is 6.54 Å². The van der Waals surface area contributed by atoms with E-state index in [1.54, 1.807) is 24.7 Å². The monoisotopic (exact) mass is 371 g/mol. The molecule has 1 heterocycles. The molecule has 0 amide bonds. The molecule has 1 aromatic heterocycles. The zero-order valence-electron chi connectivity index (χ0n) is 11.6. The number of sulfonamides is 1. The third-order valence-electron chi connectivity index (χ3n) is 3.08. The van der Waals surface area contributed by atoms with Gasteiger partial charge in [0, 0.05) is 30.8 Å². The van der Waals surface area contributed by atoms with Crippen LogP contribution < -0.4 is 4.72 Å². The summed E-state index contributed by atoms with van der Waals surface area (Å²) in [4.78, 5) is 4.27. The molecule has 0 aliphatic carbocycles. The fourth-order valence-corrected chi connectivity index (χ4v) is 3.33. The third-order valence-corrected chi connectivity index (χ3v) is 5.21. The summed E-state index contributed by atoms with van der Waals surface area (Å²) in [5.74, 6) is 0. The molecule has 2 rings (SSSR count). The summed E-state index contributed by atoms with van der Waals surface area (Å²) >= 11 is 3.34. The predicted octanol–water partition coefficient (Wildman–Crippen LogP) is 2.54. The van der Waals surface area contributed by atoms with Crippen LogP contribution in [0.25, 0.3) is 0 Å². The molecule has 0 aliphatic rings. The molecule has 0 saturated heterocycles. The number of aromatic nitrogens is 2. The SMILES string of the molecule is O=S(=O)(NCCCCn1ccnc1)c1ccc(CBr)cc1. The number of imidazole rings is 1. The predicted molar refractivity (Wildman–Crippen MR) is 85.7 cm³/mol. The van der Waals surface area contributed by atoms with Gasteiger partial charge in [-0.3, -0.25) is 0 Å². The molecule has 0 saturated carbocycles. The minimum absolute atomic E-state index is 0.307. The van der Waals surface area contributed by atoms with Crippen LogP contribution in [0.4, 0.5) is 0 Å². The molecule has 2 aromatic rings. The van der Waals surface area contributed by atoms with E-state index >= 15 is 0 Å². The van der Waals surface area contributed by atoms with Crippen LogP contribution in [0.1, 0.15) is 18.4 Å². The maximum absolute atomic E-state index is 12.1. The van der Waals surface area contributed by atoms with Crippen molar-refractivity contribution >= 4 is 26.0 Å². The summed E-state index contributed by atoms with van der Waals surface area (Å²) in [6, 6.07) is 6.87. The molecule has 114 valence electrons. The van der Waals surface area contributed by atoms with E-state index in [0.717, 1.165) is 30.3 Å². The molecule has 0 spiro atoms. The summed E-state index contributed by atoms with van der Waals surface area (Å²) in [6.07, 6.45) is 7.09. The first-order valence-electron chi connectivity index (χ1n) is 6.72. The number of halogens is 1. The Kier molecular flexibility index (Phi) is 5.96. The Labute approximate surface area is 133 Å². The molecule has 21 heavy (non-hydrogen) atoms. The highest BCUT2D eigenvalue weighted by Crippen LogP contribution is 2.12. The Morgan fingerprint density at radius 1 is 1.19 bits per heavy atom. The van der Waals surface area contributed by atoms with Gasteiger partial charge in [-0.05, 0) is 30.5 Å². The van der Waals surface area contributed by atoms with Gasteiger partial charge in [-0.15, -0.1) is 0 Å². The lowest BCUT2D eigenvalue weighted by molar-refractivity contribution is 0.566. The average molecular weight is 372 g/mol. The van der Waals surface area contributed by atoms with Crippen LogP contribution in [0.15, 0.2) is 47.9 Å². The van der Waals surface area contributed by atoms with E-state index in [2.05, 4.69) is 25.6 Å². The largest absolute Gasteiger partial charge is 0.337 e. The maximum Gasteiger partial charge on any atom is 0.240 e. The van der Waals surface area contributed by atoms with Gasteiger partial charge in [0.25, 0.3) is 0 Å². The highest BCUT2D eigenvalue weighted by atomic mass is 79.9. The Morgan fingerprint density at radius 2 is 1.95 bits per heavy atom. The van der Waals surface area contributed by atoms with Gasteiger partial charge in [0.1, 0.15) is 0 Å². The molecule has 0 aliphatic heterocycles. The topological polar surface area (TPSA) is 64.0 Å². The van der Waals surface area contributed by atoms with Crippen LogP contribution in [-0.4, -0.2) is 24.5 Å².